The third-order valence-electron chi connectivity index (χ3n) is 6.26. The van der Waals surface area contributed by atoms with Crippen LogP contribution in [0.5, 0.6) is 0 Å². The van der Waals surface area contributed by atoms with E-state index in [0.717, 1.165) is 11.7 Å². The van der Waals surface area contributed by atoms with Crippen molar-refractivity contribution in [3.05, 3.63) is 24.2 Å². The Hall–Kier alpha value is -1.29. The van der Waals surface area contributed by atoms with Crippen LogP contribution < -0.4 is 10.6 Å². The van der Waals surface area contributed by atoms with E-state index in [-0.39, 0.29) is 16.9 Å². The molecular formula is C17H27N2O2+. The summed E-state index contributed by atoms with van der Waals surface area (Å²) in [7, 11) is 0. The molecule has 2 fully saturated rings. The SMILES string of the molecule is CC1(C)[C@H]2CC[C@@H](C2)[C@@]1(C)NC(=O)C[NH2+]Cc1ccco1. The summed E-state index contributed by atoms with van der Waals surface area (Å²) in [5.74, 6) is 2.46. The smallest absolute Gasteiger partial charge is 0.275 e. The molecular weight excluding hydrogens is 264 g/mol. The van der Waals surface area contributed by atoms with Crippen LogP contribution in [-0.2, 0) is 11.3 Å². The fourth-order valence-electron chi connectivity index (χ4n) is 4.49. The van der Waals surface area contributed by atoms with Crippen molar-refractivity contribution in [1.29, 1.82) is 0 Å². The van der Waals surface area contributed by atoms with Gasteiger partial charge in [0, 0.05) is 5.54 Å². The van der Waals surface area contributed by atoms with E-state index in [4.69, 9.17) is 4.42 Å². The van der Waals surface area contributed by atoms with Gasteiger partial charge in [0.25, 0.3) is 5.91 Å². The van der Waals surface area contributed by atoms with Crippen LogP contribution in [0.2, 0.25) is 0 Å². The van der Waals surface area contributed by atoms with Gasteiger partial charge in [-0.15, -0.1) is 0 Å². The molecule has 4 heteroatoms. The molecule has 1 aromatic heterocycles. The third kappa shape index (κ3) is 2.39. The predicted molar refractivity (Wildman–Crippen MR) is 80.4 cm³/mol. The molecule has 2 aliphatic carbocycles. The monoisotopic (exact) mass is 291 g/mol. The molecule has 0 aromatic carbocycles. The fourth-order valence-corrected chi connectivity index (χ4v) is 4.49. The van der Waals surface area contributed by atoms with E-state index in [9.17, 15) is 4.79 Å². The average molecular weight is 291 g/mol. The van der Waals surface area contributed by atoms with Gasteiger partial charge < -0.3 is 15.1 Å². The van der Waals surface area contributed by atoms with E-state index in [2.05, 4.69) is 26.1 Å². The quantitative estimate of drug-likeness (QED) is 0.867. The zero-order chi connectivity index (χ0) is 15.1. The molecule has 4 nitrogen and oxygen atoms in total. The molecule has 0 spiro atoms. The Morgan fingerprint density at radius 1 is 1.38 bits per heavy atom. The van der Waals surface area contributed by atoms with Gasteiger partial charge in [-0.25, -0.2) is 0 Å². The van der Waals surface area contributed by atoms with Gasteiger partial charge in [0.15, 0.2) is 12.3 Å². The van der Waals surface area contributed by atoms with E-state index in [1.54, 1.807) is 6.26 Å². The molecule has 0 unspecified atom stereocenters. The Kier molecular flexibility index (Phi) is 3.60. The van der Waals surface area contributed by atoms with Crippen molar-refractivity contribution in [1.82, 2.24) is 5.32 Å². The maximum Gasteiger partial charge on any atom is 0.275 e. The minimum absolute atomic E-state index is 0.0501. The van der Waals surface area contributed by atoms with Crippen molar-refractivity contribution in [2.45, 2.75) is 52.1 Å². The highest BCUT2D eigenvalue weighted by Gasteiger charge is 2.60. The molecule has 1 heterocycles. The number of carbonyl (C=O) groups is 1. The van der Waals surface area contributed by atoms with Crippen LogP contribution in [0.25, 0.3) is 0 Å². The lowest BCUT2D eigenvalue weighted by Gasteiger charge is -2.48. The van der Waals surface area contributed by atoms with Crippen molar-refractivity contribution >= 4 is 5.91 Å². The number of rotatable bonds is 5. The highest BCUT2D eigenvalue weighted by Crippen LogP contribution is 2.61. The molecule has 116 valence electrons. The number of nitrogens with two attached hydrogens (primary N) is 1. The van der Waals surface area contributed by atoms with Gasteiger partial charge in [-0.2, -0.15) is 0 Å². The van der Waals surface area contributed by atoms with Gasteiger partial charge in [0.05, 0.1) is 6.26 Å². The number of hydrogen-bond donors (Lipinski definition) is 2. The number of nitrogens with one attached hydrogen (secondary N) is 1. The molecule has 1 amide bonds. The number of quaternary nitrogens is 1. The number of furan rings is 1. The minimum Gasteiger partial charge on any atom is -0.463 e. The lowest BCUT2D eigenvalue weighted by atomic mass is 9.64. The van der Waals surface area contributed by atoms with Crippen molar-refractivity contribution in [2.75, 3.05) is 6.54 Å². The van der Waals surface area contributed by atoms with Crippen molar-refractivity contribution in [3.8, 4) is 0 Å². The molecule has 3 atom stereocenters. The molecule has 21 heavy (non-hydrogen) atoms. The van der Waals surface area contributed by atoms with Gasteiger partial charge in [0.2, 0.25) is 0 Å². The zero-order valence-corrected chi connectivity index (χ0v) is 13.3. The van der Waals surface area contributed by atoms with Crippen LogP contribution in [0.1, 0.15) is 45.8 Å². The molecule has 0 saturated heterocycles. The summed E-state index contributed by atoms with van der Waals surface area (Å²) in [6.45, 7) is 8.07. The van der Waals surface area contributed by atoms with Gasteiger partial charge >= 0.3 is 0 Å². The van der Waals surface area contributed by atoms with Gasteiger partial charge in [-0.3, -0.25) is 4.79 Å². The van der Waals surface area contributed by atoms with Crippen LogP contribution in [0.15, 0.2) is 22.8 Å². The maximum atomic E-state index is 12.3. The average Bonchev–Trinajstić information content (AvgIpc) is 3.11. The van der Waals surface area contributed by atoms with E-state index in [1.807, 2.05) is 17.4 Å². The Labute approximate surface area is 126 Å². The lowest BCUT2D eigenvalue weighted by molar-refractivity contribution is -0.661. The van der Waals surface area contributed by atoms with Crippen LogP contribution in [0.4, 0.5) is 0 Å². The van der Waals surface area contributed by atoms with Gasteiger partial charge in [-0.1, -0.05) is 13.8 Å². The highest BCUT2D eigenvalue weighted by atomic mass is 16.3. The molecule has 0 radical (unpaired) electrons. The zero-order valence-electron chi connectivity index (χ0n) is 13.3. The summed E-state index contributed by atoms with van der Waals surface area (Å²) in [6, 6.07) is 3.82. The molecule has 3 rings (SSSR count). The van der Waals surface area contributed by atoms with Crippen LogP contribution in [0.3, 0.4) is 0 Å². The first-order valence-electron chi connectivity index (χ1n) is 8.08. The van der Waals surface area contributed by atoms with E-state index in [1.165, 1.54) is 19.3 Å². The van der Waals surface area contributed by atoms with Crippen molar-refractivity contribution in [2.24, 2.45) is 17.3 Å². The molecule has 1 aromatic rings. The lowest BCUT2D eigenvalue weighted by Crippen LogP contribution is -2.85. The Morgan fingerprint density at radius 3 is 2.76 bits per heavy atom. The molecule has 3 N–H and O–H groups in total. The topological polar surface area (TPSA) is 58.9 Å². The Morgan fingerprint density at radius 2 is 2.14 bits per heavy atom. The normalized spacial score (nSPS) is 33.3. The van der Waals surface area contributed by atoms with Crippen molar-refractivity contribution in [3.63, 3.8) is 0 Å². The van der Waals surface area contributed by atoms with Crippen LogP contribution in [-0.4, -0.2) is 18.0 Å². The third-order valence-corrected chi connectivity index (χ3v) is 6.26. The second-order valence-corrected chi connectivity index (χ2v) is 7.46. The van der Waals surface area contributed by atoms with Gasteiger partial charge in [0.1, 0.15) is 6.54 Å². The highest BCUT2D eigenvalue weighted by molar-refractivity contribution is 5.77. The first-order chi connectivity index (χ1) is 9.93. The van der Waals surface area contributed by atoms with E-state index in [0.29, 0.717) is 19.0 Å². The summed E-state index contributed by atoms with van der Waals surface area (Å²) < 4.78 is 5.28. The number of carbonyl (C=O) groups excluding carboxylic acids is 1. The first-order valence-corrected chi connectivity index (χ1v) is 8.08. The number of fused-ring (bicyclic) bond motifs is 2. The predicted octanol–water partition coefficient (Wildman–Crippen LogP) is 1.67. The van der Waals surface area contributed by atoms with E-state index < -0.39 is 0 Å². The second-order valence-electron chi connectivity index (χ2n) is 7.46. The summed E-state index contributed by atoms with van der Waals surface area (Å²) in [5.41, 5.74) is 0.151. The first kappa shape index (κ1) is 14.6. The fraction of sp³-hybridized carbons (Fsp3) is 0.706. The summed E-state index contributed by atoms with van der Waals surface area (Å²) in [6.07, 6.45) is 5.54. The Bertz CT molecular complexity index is 509. The number of hydrogen-bond acceptors (Lipinski definition) is 2. The summed E-state index contributed by atoms with van der Waals surface area (Å²) in [5, 5.41) is 5.35. The van der Waals surface area contributed by atoms with Crippen LogP contribution in [0, 0.1) is 17.3 Å². The number of amides is 1. The molecule has 2 saturated carbocycles. The van der Waals surface area contributed by atoms with Crippen LogP contribution >= 0.6 is 0 Å². The molecule has 2 aliphatic rings. The summed E-state index contributed by atoms with van der Waals surface area (Å²) in [4.78, 5) is 12.3. The standard InChI is InChI=1S/C17H26N2O2/c1-16(2)12-6-7-13(9-12)17(16,3)19-15(20)11-18-10-14-5-4-8-21-14/h4-5,8,12-13,18H,6-7,9-11H2,1-3H3,(H,19,20)/p+1/t12-,13-,17+/m0/s1. The Balaban J connectivity index is 1.54. The second kappa shape index (κ2) is 5.16. The minimum atomic E-state index is -0.0501. The molecule has 2 bridgehead atoms. The largest absolute Gasteiger partial charge is 0.463 e. The summed E-state index contributed by atoms with van der Waals surface area (Å²) >= 11 is 0. The van der Waals surface area contributed by atoms with E-state index >= 15 is 0 Å². The maximum absolute atomic E-state index is 12.3. The van der Waals surface area contributed by atoms with Crippen molar-refractivity contribution < 1.29 is 14.5 Å². The molecule has 0 aliphatic heterocycles. The van der Waals surface area contributed by atoms with Gasteiger partial charge in [-0.05, 0) is 55.6 Å².